The molecule has 0 bridgehead atoms. The Labute approximate surface area is 143 Å². The summed E-state index contributed by atoms with van der Waals surface area (Å²) in [5.41, 5.74) is 1.17. The molecular weight excluding hydrogens is 325 g/mol. The Hall–Kier alpha value is -2.81. The first kappa shape index (κ1) is 15.7. The third-order valence-electron chi connectivity index (χ3n) is 4.19. The Bertz CT molecular complexity index is 891. The van der Waals surface area contributed by atoms with Gasteiger partial charge in [-0.3, -0.25) is 0 Å². The number of methoxy groups -OCH3 is 1. The standard InChI is InChI=1S/C16H18FN7O/c1-25-11-5-14-19-9-13(24(14)21-7-11)15-12(17)8-20-16(23-15)22-10-3-2-4-18-6-10/h5,7-10,18H,2-4,6H2,1H3,(H,20,22,23). The quantitative estimate of drug-likeness (QED) is 0.742. The van der Waals surface area contributed by atoms with Gasteiger partial charge in [0.15, 0.2) is 11.5 Å². The number of imidazole rings is 1. The van der Waals surface area contributed by atoms with Crippen molar-refractivity contribution in [3.63, 3.8) is 0 Å². The van der Waals surface area contributed by atoms with E-state index in [0.29, 0.717) is 23.0 Å². The average molecular weight is 343 g/mol. The number of aromatic nitrogens is 5. The van der Waals surface area contributed by atoms with Crippen LogP contribution in [0.3, 0.4) is 0 Å². The monoisotopic (exact) mass is 343 g/mol. The number of nitrogens with zero attached hydrogens (tertiary/aromatic N) is 5. The molecule has 0 radical (unpaired) electrons. The molecule has 0 spiro atoms. The molecule has 1 atom stereocenters. The van der Waals surface area contributed by atoms with Gasteiger partial charge in [0.05, 0.1) is 25.7 Å². The number of fused-ring (bicyclic) bond motifs is 1. The second-order valence-electron chi connectivity index (χ2n) is 5.89. The molecule has 0 aromatic carbocycles. The number of hydrogen-bond acceptors (Lipinski definition) is 7. The molecule has 0 saturated carbocycles. The van der Waals surface area contributed by atoms with Crippen molar-refractivity contribution in [2.24, 2.45) is 0 Å². The highest BCUT2D eigenvalue weighted by atomic mass is 19.1. The maximum absolute atomic E-state index is 14.3. The van der Waals surface area contributed by atoms with Crippen LogP contribution in [0.4, 0.5) is 10.3 Å². The largest absolute Gasteiger partial charge is 0.495 e. The minimum Gasteiger partial charge on any atom is -0.495 e. The highest BCUT2D eigenvalue weighted by Gasteiger charge is 2.18. The summed E-state index contributed by atoms with van der Waals surface area (Å²) in [7, 11) is 1.56. The van der Waals surface area contributed by atoms with Gasteiger partial charge in [-0.25, -0.2) is 23.9 Å². The molecule has 4 heterocycles. The Morgan fingerprint density at radius 3 is 3.04 bits per heavy atom. The summed E-state index contributed by atoms with van der Waals surface area (Å²) >= 11 is 0. The fourth-order valence-corrected chi connectivity index (χ4v) is 2.91. The Kier molecular flexibility index (Phi) is 4.14. The van der Waals surface area contributed by atoms with Gasteiger partial charge in [-0.05, 0) is 19.4 Å². The van der Waals surface area contributed by atoms with Gasteiger partial charge in [-0.1, -0.05) is 0 Å². The van der Waals surface area contributed by atoms with Crippen molar-refractivity contribution in [3.8, 4) is 17.1 Å². The summed E-state index contributed by atoms with van der Waals surface area (Å²) in [6, 6.07) is 1.96. The summed E-state index contributed by atoms with van der Waals surface area (Å²) in [6.45, 7) is 1.86. The smallest absolute Gasteiger partial charge is 0.223 e. The van der Waals surface area contributed by atoms with E-state index < -0.39 is 5.82 Å². The number of anilines is 1. The highest BCUT2D eigenvalue weighted by Crippen LogP contribution is 2.23. The highest BCUT2D eigenvalue weighted by molar-refractivity contribution is 5.61. The van der Waals surface area contributed by atoms with Crippen LogP contribution in [0.15, 0.2) is 24.7 Å². The lowest BCUT2D eigenvalue weighted by Crippen LogP contribution is -2.38. The van der Waals surface area contributed by atoms with E-state index in [1.54, 1.807) is 25.6 Å². The van der Waals surface area contributed by atoms with Crippen LogP contribution < -0.4 is 15.4 Å². The predicted molar refractivity (Wildman–Crippen MR) is 90.0 cm³/mol. The second-order valence-corrected chi connectivity index (χ2v) is 5.89. The summed E-state index contributed by atoms with van der Waals surface area (Å²) < 4.78 is 21.0. The zero-order valence-corrected chi connectivity index (χ0v) is 13.7. The number of nitrogens with one attached hydrogen (secondary N) is 2. The van der Waals surface area contributed by atoms with E-state index in [2.05, 4.69) is 30.7 Å². The van der Waals surface area contributed by atoms with Gasteiger partial charge >= 0.3 is 0 Å². The van der Waals surface area contributed by atoms with E-state index in [4.69, 9.17) is 4.74 Å². The molecule has 0 aliphatic carbocycles. The Balaban J connectivity index is 1.68. The number of hydrogen-bond donors (Lipinski definition) is 2. The lowest BCUT2D eigenvalue weighted by Gasteiger charge is -2.23. The molecule has 9 heteroatoms. The van der Waals surface area contributed by atoms with Gasteiger partial charge in [-0.15, -0.1) is 0 Å². The van der Waals surface area contributed by atoms with Crippen LogP contribution in [0.25, 0.3) is 17.0 Å². The average Bonchev–Trinajstić information content (AvgIpc) is 3.07. The molecule has 1 aliphatic heterocycles. The summed E-state index contributed by atoms with van der Waals surface area (Å²) in [5.74, 6) is 0.459. The van der Waals surface area contributed by atoms with Crippen molar-refractivity contribution in [3.05, 3.63) is 30.5 Å². The molecule has 1 saturated heterocycles. The van der Waals surface area contributed by atoms with Crippen LogP contribution in [0, 0.1) is 5.82 Å². The number of rotatable bonds is 4. The SMILES string of the molecule is COc1cnn2c(-c3nc(NC4CCCNC4)ncc3F)cnc2c1. The molecule has 8 nitrogen and oxygen atoms in total. The zero-order chi connectivity index (χ0) is 17.2. The molecule has 0 amide bonds. The summed E-state index contributed by atoms with van der Waals surface area (Å²) in [5, 5.41) is 10.8. The first-order valence-corrected chi connectivity index (χ1v) is 8.12. The van der Waals surface area contributed by atoms with Crippen LogP contribution in [-0.4, -0.2) is 50.8 Å². The van der Waals surface area contributed by atoms with Crippen molar-refractivity contribution in [1.29, 1.82) is 0 Å². The lowest BCUT2D eigenvalue weighted by molar-refractivity contribution is 0.412. The molecular formula is C16H18FN7O. The molecule has 1 aliphatic rings. The van der Waals surface area contributed by atoms with Crippen molar-refractivity contribution >= 4 is 11.6 Å². The van der Waals surface area contributed by atoms with Crippen molar-refractivity contribution in [1.82, 2.24) is 29.9 Å². The number of piperidine rings is 1. The van der Waals surface area contributed by atoms with Gasteiger partial charge in [0.1, 0.15) is 17.1 Å². The molecule has 3 aromatic rings. The molecule has 1 unspecified atom stereocenters. The van der Waals surface area contributed by atoms with Gasteiger partial charge in [0.2, 0.25) is 5.95 Å². The second kappa shape index (κ2) is 6.60. The maximum atomic E-state index is 14.3. The van der Waals surface area contributed by atoms with Gasteiger partial charge in [0, 0.05) is 18.7 Å². The summed E-state index contributed by atoms with van der Waals surface area (Å²) in [6.07, 6.45) is 6.37. The van der Waals surface area contributed by atoms with Crippen molar-refractivity contribution in [2.45, 2.75) is 18.9 Å². The minimum atomic E-state index is -0.522. The van der Waals surface area contributed by atoms with Crippen LogP contribution in [0.1, 0.15) is 12.8 Å². The molecule has 2 N–H and O–H groups in total. The number of halogens is 1. The summed E-state index contributed by atoms with van der Waals surface area (Å²) in [4.78, 5) is 12.7. The third-order valence-corrected chi connectivity index (χ3v) is 4.19. The van der Waals surface area contributed by atoms with Gasteiger partial charge < -0.3 is 15.4 Å². The first-order valence-electron chi connectivity index (χ1n) is 8.12. The first-order chi connectivity index (χ1) is 12.2. The maximum Gasteiger partial charge on any atom is 0.223 e. The van der Waals surface area contributed by atoms with Gasteiger partial charge in [0.25, 0.3) is 0 Å². The van der Waals surface area contributed by atoms with Crippen LogP contribution >= 0.6 is 0 Å². The minimum absolute atomic E-state index is 0.159. The Morgan fingerprint density at radius 2 is 2.24 bits per heavy atom. The van der Waals surface area contributed by atoms with Gasteiger partial charge in [-0.2, -0.15) is 5.10 Å². The normalized spacial score (nSPS) is 17.6. The van der Waals surface area contributed by atoms with E-state index >= 15 is 0 Å². The van der Waals surface area contributed by atoms with E-state index in [9.17, 15) is 4.39 Å². The zero-order valence-electron chi connectivity index (χ0n) is 13.7. The Morgan fingerprint density at radius 1 is 1.32 bits per heavy atom. The lowest BCUT2D eigenvalue weighted by atomic mass is 10.1. The molecule has 130 valence electrons. The molecule has 1 fully saturated rings. The number of ether oxygens (including phenoxy) is 1. The van der Waals surface area contributed by atoms with Crippen LogP contribution in [0.5, 0.6) is 5.75 Å². The molecule has 4 rings (SSSR count). The predicted octanol–water partition coefficient (Wildman–Crippen LogP) is 1.50. The molecule has 25 heavy (non-hydrogen) atoms. The fraction of sp³-hybridized carbons (Fsp3) is 0.375. The topological polar surface area (TPSA) is 89.3 Å². The van der Waals surface area contributed by atoms with Crippen molar-refractivity contribution in [2.75, 3.05) is 25.5 Å². The van der Waals surface area contributed by atoms with E-state index in [-0.39, 0.29) is 11.7 Å². The molecule has 3 aromatic heterocycles. The van der Waals surface area contributed by atoms with E-state index in [1.807, 2.05) is 0 Å². The van der Waals surface area contributed by atoms with E-state index in [0.717, 1.165) is 25.9 Å². The van der Waals surface area contributed by atoms with E-state index in [1.165, 1.54) is 10.7 Å². The third kappa shape index (κ3) is 3.10. The van der Waals surface area contributed by atoms with Crippen LogP contribution in [0.2, 0.25) is 0 Å². The van der Waals surface area contributed by atoms with Crippen molar-refractivity contribution < 1.29 is 9.13 Å². The van der Waals surface area contributed by atoms with Crippen LogP contribution in [-0.2, 0) is 0 Å². The fourth-order valence-electron chi connectivity index (χ4n) is 2.91.